The molecule has 0 spiro atoms. The van der Waals surface area contributed by atoms with Gasteiger partial charge < -0.3 is 9.64 Å². The number of aromatic nitrogens is 1. The van der Waals surface area contributed by atoms with Crippen molar-refractivity contribution in [3.8, 4) is 0 Å². The average molecular weight is 411 g/mol. The number of thiazole rings is 1. The summed E-state index contributed by atoms with van der Waals surface area (Å²) in [7, 11) is -3.83. The minimum absolute atomic E-state index is 0.00381. The summed E-state index contributed by atoms with van der Waals surface area (Å²) in [5.41, 5.74) is 4.29. The molecule has 1 aliphatic rings. The number of aryl methyl sites for hydroxylation is 2. The molecule has 1 aromatic heterocycles. The first-order valence-electron chi connectivity index (χ1n) is 8.50. The molecule has 1 fully saturated rings. The Kier molecular flexibility index (Phi) is 6.10. The Labute approximate surface area is 162 Å². The molecule has 0 bridgehead atoms. The van der Waals surface area contributed by atoms with E-state index in [1.807, 2.05) is 18.4 Å². The molecule has 2 N–H and O–H groups in total. The van der Waals surface area contributed by atoms with Crippen molar-refractivity contribution in [2.24, 2.45) is 0 Å². The number of hydrazine groups is 1. The van der Waals surface area contributed by atoms with Crippen molar-refractivity contribution in [1.29, 1.82) is 0 Å². The van der Waals surface area contributed by atoms with E-state index in [0.717, 1.165) is 23.8 Å². The average Bonchev–Trinajstić information content (AvgIpc) is 3.11. The Morgan fingerprint density at radius 3 is 2.78 bits per heavy atom. The lowest BCUT2D eigenvalue weighted by Gasteiger charge is -2.26. The summed E-state index contributed by atoms with van der Waals surface area (Å²) < 4.78 is 30.1. The van der Waals surface area contributed by atoms with Crippen LogP contribution >= 0.6 is 11.3 Å². The van der Waals surface area contributed by atoms with Gasteiger partial charge in [0.15, 0.2) is 5.13 Å². The van der Waals surface area contributed by atoms with Gasteiger partial charge in [0.25, 0.3) is 10.0 Å². The highest BCUT2D eigenvalue weighted by molar-refractivity contribution is 7.89. The molecule has 1 saturated heterocycles. The van der Waals surface area contributed by atoms with Crippen molar-refractivity contribution in [3.63, 3.8) is 0 Å². The first kappa shape index (κ1) is 19.7. The maximum atomic E-state index is 12.4. The molecule has 27 heavy (non-hydrogen) atoms. The van der Waals surface area contributed by atoms with Gasteiger partial charge in [-0.15, -0.1) is 16.2 Å². The standard InChI is InChI=1S/C17H22N4O4S2/c1-12-3-4-13(2)15(9-12)27(23,24)20-19-16(22)10-14-11-26-17(18-14)21-5-7-25-8-6-21/h3-4,9,11,20H,5-8,10H2,1-2H3,(H,19,22). The zero-order valence-electron chi connectivity index (χ0n) is 15.2. The number of ether oxygens (including phenoxy) is 1. The van der Waals surface area contributed by atoms with E-state index in [0.29, 0.717) is 24.5 Å². The van der Waals surface area contributed by atoms with Crippen molar-refractivity contribution in [2.45, 2.75) is 25.2 Å². The van der Waals surface area contributed by atoms with E-state index in [9.17, 15) is 13.2 Å². The fourth-order valence-electron chi connectivity index (χ4n) is 2.66. The maximum Gasteiger partial charge on any atom is 0.257 e. The largest absolute Gasteiger partial charge is 0.378 e. The van der Waals surface area contributed by atoms with Crippen LogP contribution in [0.25, 0.3) is 0 Å². The minimum Gasteiger partial charge on any atom is -0.378 e. The number of sulfonamides is 1. The van der Waals surface area contributed by atoms with Crippen LogP contribution < -0.4 is 15.2 Å². The van der Waals surface area contributed by atoms with E-state index in [-0.39, 0.29) is 11.3 Å². The number of hydrogen-bond acceptors (Lipinski definition) is 7. The number of hydrogen-bond donors (Lipinski definition) is 2. The van der Waals surface area contributed by atoms with Crippen LogP contribution in [0, 0.1) is 13.8 Å². The van der Waals surface area contributed by atoms with Crippen LogP contribution in [0.15, 0.2) is 28.5 Å². The van der Waals surface area contributed by atoms with Crippen LogP contribution in [0.3, 0.4) is 0 Å². The van der Waals surface area contributed by atoms with E-state index in [1.165, 1.54) is 11.3 Å². The summed E-state index contributed by atoms with van der Waals surface area (Å²) in [5, 5.41) is 2.65. The quantitative estimate of drug-likeness (QED) is 0.693. The second-order valence-corrected chi connectivity index (χ2v) is 8.81. The summed E-state index contributed by atoms with van der Waals surface area (Å²) in [4.78, 5) is 21.0. The molecule has 0 radical (unpaired) electrons. The molecule has 8 nitrogen and oxygen atoms in total. The lowest BCUT2D eigenvalue weighted by atomic mass is 10.2. The Hall–Kier alpha value is -2.01. The topological polar surface area (TPSA) is 101 Å². The zero-order chi connectivity index (χ0) is 19.4. The fraction of sp³-hybridized carbons (Fsp3) is 0.412. The SMILES string of the molecule is Cc1ccc(C)c(S(=O)(=O)NNC(=O)Cc2csc(N3CCOCC3)n2)c1. The summed E-state index contributed by atoms with van der Waals surface area (Å²) in [6.07, 6.45) is -0.00381. The van der Waals surface area contributed by atoms with Gasteiger partial charge in [0, 0.05) is 18.5 Å². The van der Waals surface area contributed by atoms with Crippen molar-refractivity contribution in [2.75, 3.05) is 31.2 Å². The summed E-state index contributed by atoms with van der Waals surface area (Å²) in [6.45, 7) is 6.39. The Morgan fingerprint density at radius 1 is 1.30 bits per heavy atom. The zero-order valence-corrected chi connectivity index (χ0v) is 16.8. The van der Waals surface area contributed by atoms with Crippen LogP contribution in [0.2, 0.25) is 0 Å². The molecule has 1 aliphatic heterocycles. The maximum absolute atomic E-state index is 12.4. The molecular formula is C17H22N4O4S2. The van der Waals surface area contributed by atoms with Gasteiger partial charge >= 0.3 is 0 Å². The minimum atomic E-state index is -3.83. The van der Waals surface area contributed by atoms with Gasteiger partial charge in [0.2, 0.25) is 5.91 Å². The first-order valence-corrected chi connectivity index (χ1v) is 10.9. The van der Waals surface area contributed by atoms with E-state index in [4.69, 9.17) is 4.74 Å². The van der Waals surface area contributed by atoms with Crippen LogP contribution in [0.1, 0.15) is 16.8 Å². The number of nitrogens with one attached hydrogen (secondary N) is 2. The molecule has 0 atom stereocenters. The molecule has 2 heterocycles. The summed E-state index contributed by atoms with van der Waals surface area (Å²) >= 11 is 1.46. The van der Waals surface area contributed by atoms with Gasteiger partial charge in [-0.25, -0.2) is 13.4 Å². The molecule has 10 heteroatoms. The van der Waals surface area contributed by atoms with Crippen LogP contribution in [0.5, 0.6) is 0 Å². The number of benzene rings is 1. The lowest BCUT2D eigenvalue weighted by Crippen LogP contribution is -2.42. The van der Waals surface area contributed by atoms with Crippen molar-refractivity contribution < 1.29 is 17.9 Å². The van der Waals surface area contributed by atoms with Crippen molar-refractivity contribution in [1.82, 2.24) is 15.2 Å². The number of carbonyl (C=O) groups excluding carboxylic acids is 1. The predicted octanol–water partition coefficient (Wildman–Crippen LogP) is 1.15. The highest BCUT2D eigenvalue weighted by Crippen LogP contribution is 2.21. The van der Waals surface area contributed by atoms with Crippen LogP contribution in [-0.2, 0) is 26.0 Å². The monoisotopic (exact) mass is 410 g/mol. The van der Waals surface area contributed by atoms with Crippen molar-refractivity contribution in [3.05, 3.63) is 40.4 Å². The fourth-order valence-corrected chi connectivity index (χ4v) is 4.73. The first-order chi connectivity index (χ1) is 12.8. The highest BCUT2D eigenvalue weighted by Gasteiger charge is 2.19. The molecule has 3 rings (SSSR count). The lowest BCUT2D eigenvalue weighted by molar-refractivity contribution is -0.120. The molecular weight excluding hydrogens is 388 g/mol. The van der Waals surface area contributed by atoms with Gasteiger partial charge in [-0.2, -0.15) is 0 Å². The van der Waals surface area contributed by atoms with Gasteiger partial charge in [-0.3, -0.25) is 10.2 Å². The molecule has 2 aromatic rings. The second-order valence-electron chi connectivity index (χ2n) is 6.32. The number of rotatable bonds is 6. The third-order valence-electron chi connectivity index (χ3n) is 4.12. The highest BCUT2D eigenvalue weighted by atomic mass is 32.2. The number of carbonyl (C=O) groups is 1. The Bertz CT molecular complexity index is 921. The van der Waals surface area contributed by atoms with Gasteiger partial charge in [-0.1, -0.05) is 12.1 Å². The smallest absolute Gasteiger partial charge is 0.257 e. The van der Waals surface area contributed by atoms with Gasteiger partial charge in [0.05, 0.1) is 30.2 Å². The van der Waals surface area contributed by atoms with E-state index >= 15 is 0 Å². The summed E-state index contributed by atoms with van der Waals surface area (Å²) in [5.74, 6) is -0.470. The van der Waals surface area contributed by atoms with E-state index < -0.39 is 15.9 Å². The number of anilines is 1. The molecule has 0 aliphatic carbocycles. The van der Waals surface area contributed by atoms with Gasteiger partial charge in [0.1, 0.15) is 0 Å². The normalized spacial score (nSPS) is 15.0. The predicted molar refractivity (Wildman–Crippen MR) is 103 cm³/mol. The second kappa shape index (κ2) is 8.34. The van der Waals surface area contributed by atoms with Gasteiger partial charge in [-0.05, 0) is 31.0 Å². The molecule has 146 valence electrons. The number of nitrogens with zero attached hydrogens (tertiary/aromatic N) is 2. The van der Waals surface area contributed by atoms with Crippen molar-refractivity contribution >= 4 is 32.4 Å². The Balaban J connectivity index is 1.58. The summed E-state index contributed by atoms with van der Waals surface area (Å²) in [6, 6.07) is 5.13. The number of amides is 1. The molecule has 0 unspecified atom stereocenters. The third kappa shape index (κ3) is 5.04. The molecule has 1 aromatic carbocycles. The number of morpholine rings is 1. The Morgan fingerprint density at radius 2 is 2.04 bits per heavy atom. The van der Waals surface area contributed by atoms with Crippen LogP contribution in [-0.4, -0.2) is 45.6 Å². The van der Waals surface area contributed by atoms with E-state index in [2.05, 4.69) is 20.1 Å². The third-order valence-corrected chi connectivity index (χ3v) is 6.46. The van der Waals surface area contributed by atoms with Crippen LogP contribution in [0.4, 0.5) is 5.13 Å². The molecule has 1 amide bonds. The van der Waals surface area contributed by atoms with E-state index in [1.54, 1.807) is 19.1 Å². The molecule has 0 saturated carbocycles.